The number of ether oxygens (including phenoxy) is 2. The maximum atomic E-state index is 11.9. The number of hydrogen-bond donors (Lipinski definition) is 2. The molecule has 0 radical (unpaired) electrons. The van der Waals surface area contributed by atoms with E-state index >= 15 is 0 Å². The first-order valence-electron chi connectivity index (χ1n) is 11.3. The van der Waals surface area contributed by atoms with Gasteiger partial charge in [-0.25, -0.2) is 4.99 Å². The Morgan fingerprint density at radius 1 is 1.22 bits per heavy atom. The number of rotatable bonds is 12. The van der Waals surface area contributed by atoms with E-state index < -0.39 is 0 Å². The van der Waals surface area contributed by atoms with Crippen molar-refractivity contribution < 1.29 is 14.3 Å². The van der Waals surface area contributed by atoms with Crippen LogP contribution >= 0.6 is 24.0 Å². The van der Waals surface area contributed by atoms with Gasteiger partial charge in [-0.15, -0.1) is 24.0 Å². The number of aliphatic imine (C=N–C) groups is 1. The number of likely N-dealkylation sites (N-methyl/N-ethyl adjacent to an activating group) is 1. The molecule has 1 heterocycles. The van der Waals surface area contributed by atoms with E-state index in [1.165, 1.54) is 5.56 Å². The third kappa shape index (κ3) is 11.9. The van der Waals surface area contributed by atoms with Crippen LogP contribution in [0, 0.1) is 0 Å². The van der Waals surface area contributed by atoms with Crippen LogP contribution in [0.15, 0.2) is 29.3 Å². The standard InChI is InChI=1S/C23H39N5O3.HI/c1-4-15-31-21-8-5-7-20(18-21)9-11-25-23(26-19-22(29)27(2)3)24-10-6-12-28-13-16-30-17-14-28;/h5,7-8,18H,4,6,9-17,19H2,1-3H3,(H2,24,25,26);1H. The second-order valence-electron chi connectivity index (χ2n) is 7.86. The molecule has 0 unspecified atom stereocenters. The van der Waals surface area contributed by atoms with Gasteiger partial charge in [0.25, 0.3) is 0 Å². The number of halogens is 1. The highest BCUT2D eigenvalue weighted by molar-refractivity contribution is 14.0. The fourth-order valence-electron chi connectivity index (χ4n) is 3.13. The summed E-state index contributed by atoms with van der Waals surface area (Å²) in [4.78, 5) is 20.4. The quantitative estimate of drug-likeness (QED) is 0.176. The lowest BCUT2D eigenvalue weighted by molar-refractivity contribution is -0.127. The second-order valence-corrected chi connectivity index (χ2v) is 7.86. The van der Waals surface area contributed by atoms with Crippen molar-refractivity contribution in [2.75, 3.05) is 73.2 Å². The van der Waals surface area contributed by atoms with Crippen molar-refractivity contribution in [3.63, 3.8) is 0 Å². The van der Waals surface area contributed by atoms with E-state index in [0.717, 1.165) is 77.6 Å². The van der Waals surface area contributed by atoms with E-state index in [1.807, 2.05) is 12.1 Å². The van der Waals surface area contributed by atoms with Crippen LogP contribution in [-0.2, 0) is 16.0 Å². The Morgan fingerprint density at radius 3 is 2.69 bits per heavy atom. The van der Waals surface area contributed by atoms with Gasteiger partial charge in [-0.1, -0.05) is 19.1 Å². The average molecular weight is 562 g/mol. The molecule has 1 aliphatic heterocycles. The largest absolute Gasteiger partial charge is 0.494 e. The molecular formula is C23H40IN5O3. The molecule has 0 bridgehead atoms. The minimum atomic E-state index is -0.0183. The topological polar surface area (TPSA) is 78.4 Å². The normalized spacial score (nSPS) is 14.4. The van der Waals surface area contributed by atoms with E-state index in [9.17, 15) is 4.79 Å². The van der Waals surface area contributed by atoms with Crippen LogP contribution in [0.25, 0.3) is 0 Å². The highest BCUT2D eigenvalue weighted by Crippen LogP contribution is 2.13. The summed E-state index contributed by atoms with van der Waals surface area (Å²) < 4.78 is 11.1. The predicted octanol–water partition coefficient (Wildman–Crippen LogP) is 1.98. The molecule has 9 heteroatoms. The molecule has 1 aromatic carbocycles. The number of nitrogens with zero attached hydrogens (tertiary/aromatic N) is 3. The number of carbonyl (C=O) groups excluding carboxylic acids is 1. The van der Waals surface area contributed by atoms with Crippen molar-refractivity contribution >= 4 is 35.8 Å². The van der Waals surface area contributed by atoms with Gasteiger partial charge >= 0.3 is 0 Å². The summed E-state index contributed by atoms with van der Waals surface area (Å²) in [5.41, 5.74) is 1.21. The Kier molecular flexibility index (Phi) is 15.1. The van der Waals surface area contributed by atoms with Crippen LogP contribution in [-0.4, -0.2) is 94.9 Å². The van der Waals surface area contributed by atoms with Crippen molar-refractivity contribution in [1.82, 2.24) is 20.4 Å². The molecule has 1 aromatic rings. The maximum absolute atomic E-state index is 11.9. The Hall–Kier alpha value is -1.59. The number of carbonyl (C=O) groups is 1. The van der Waals surface area contributed by atoms with Crippen molar-refractivity contribution in [3.05, 3.63) is 29.8 Å². The van der Waals surface area contributed by atoms with E-state index in [0.29, 0.717) is 5.96 Å². The third-order valence-corrected chi connectivity index (χ3v) is 5.00. The minimum absolute atomic E-state index is 0. The van der Waals surface area contributed by atoms with Crippen LogP contribution in [0.4, 0.5) is 0 Å². The summed E-state index contributed by atoms with van der Waals surface area (Å²) in [6.07, 6.45) is 2.85. The lowest BCUT2D eigenvalue weighted by Crippen LogP contribution is -2.41. The second kappa shape index (κ2) is 17.0. The lowest BCUT2D eigenvalue weighted by atomic mass is 10.1. The summed E-state index contributed by atoms with van der Waals surface area (Å²) in [7, 11) is 3.49. The smallest absolute Gasteiger partial charge is 0.243 e. The SMILES string of the molecule is CCCOc1cccc(CCNC(=NCC(=O)N(C)C)NCCCN2CCOCC2)c1.I. The molecule has 1 fully saturated rings. The Bertz CT molecular complexity index is 681. The van der Waals surface area contributed by atoms with E-state index in [2.05, 4.69) is 39.6 Å². The molecule has 2 rings (SSSR count). The highest BCUT2D eigenvalue weighted by Gasteiger charge is 2.10. The van der Waals surface area contributed by atoms with Crippen LogP contribution in [0.1, 0.15) is 25.3 Å². The van der Waals surface area contributed by atoms with Crippen LogP contribution < -0.4 is 15.4 Å². The summed E-state index contributed by atoms with van der Waals surface area (Å²) >= 11 is 0. The van der Waals surface area contributed by atoms with E-state index in [-0.39, 0.29) is 36.4 Å². The molecule has 1 aliphatic rings. The monoisotopic (exact) mass is 561 g/mol. The van der Waals surface area contributed by atoms with Gasteiger partial charge in [-0.3, -0.25) is 9.69 Å². The summed E-state index contributed by atoms with van der Waals surface area (Å²) in [6.45, 7) is 9.16. The molecule has 2 N–H and O–H groups in total. The van der Waals surface area contributed by atoms with Gasteiger partial charge in [0.1, 0.15) is 12.3 Å². The first kappa shape index (κ1) is 28.4. The average Bonchev–Trinajstić information content (AvgIpc) is 2.79. The number of nitrogens with one attached hydrogen (secondary N) is 2. The van der Waals surface area contributed by atoms with Crippen LogP contribution in [0.5, 0.6) is 5.75 Å². The molecule has 0 atom stereocenters. The van der Waals surface area contributed by atoms with Gasteiger partial charge in [0, 0.05) is 40.3 Å². The minimum Gasteiger partial charge on any atom is -0.494 e. The molecule has 1 amide bonds. The van der Waals surface area contributed by atoms with Gasteiger partial charge in [0.15, 0.2) is 5.96 Å². The fourth-order valence-corrected chi connectivity index (χ4v) is 3.13. The highest BCUT2D eigenvalue weighted by atomic mass is 127. The number of morpholine rings is 1. The Labute approximate surface area is 210 Å². The number of amides is 1. The van der Waals surface area contributed by atoms with Crippen molar-refractivity contribution in [2.24, 2.45) is 4.99 Å². The predicted molar refractivity (Wildman–Crippen MR) is 140 cm³/mol. The Morgan fingerprint density at radius 2 is 1.97 bits per heavy atom. The fraction of sp³-hybridized carbons (Fsp3) is 0.652. The first-order chi connectivity index (χ1) is 15.1. The molecule has 0 spiro atoms. The Balaban J connectivity index is 0.00000512. The molecule has 0 saturated carbocycles. The van der Waals surface area contributed by atoms with Gasteiger partial charge < -0.3 is 25.0 Å². The van der Waals surface area contributed by atoms with Gasteiger partial charge in [-0.2, -0.15) is 0 Å². The summed E-state index contributed by atoms with van der Waals surface area (Å²) in [5, 5.41) is 6.72. The van der Waals surface area contributed by atoms with Gasteiger partial charge in [0.2, 0.25) is 5.91 Å². The third-order valence-electron chi connectivity index (χ3n) is 5.00. The molecule has 8 nitrogen and oxygen atoms in total. The lowest BCUT2D eigenvalue weighted by Gasteiger charge is -2.26. The zero-order chi connectivity index (χ0) is 22.3. The van der Waals surface area contributed by atoms with Crippen LogP contribution in [0.3, 0.4) is 0 Å². The van der Waals surface area contributed by atoms with Crippen LogP contribution in [0.2, 0.25) is 0 Å². The van der Waals surface area contributed by atoms with Crippen molar-refractivity contribution in [3.8, 4) is 5.75 Å². The number of hydrogen-bond acceptors (Lipinski definition) is 5. The van der Waals surface area contributed by atoms with Gasteiger partial charge in [0.05, 0.1) is 19.8 Å². The molecule has 0 aromatic heterocycles. The molecule has 32 heavy (non-hydrogen) atoms. The van der Waals surface area contributed by atoms with E-state index in [4.69, 9.17) is 9.47 Å². The first-order valence-corrected chi connectivity index (χ1v) is 11.3. The molecule has 182 valence electrons. The molecule has 0 aliphatic carbocycles. The maximum Gasteiger partial charge on any atom is 0.243 e. The van der Waals surface area contributed by atoms with Gasteiger partial charge in [-0.05, 0) is 43.5 Å². The van der Waals surface area contributed by atoms with Crippen molar-refractivity contribution in [1.29, 1.82) is 0 Å². The number of benzene rings is 1. The van der Waals surface area contributed by atoms with Crippen molar-refractivity contribution in [2.45, 2.75) is 26.2 Å². The summed E-state index contributed by atoms with van der Waals surface area (Å²) in [5.74, 6) is 1.57. The molecular weight excluding hydrogens is 521 g/mol. The zero-order valence-electron chi connectivity index (χ0n) is 19.8. The van der Waals surface area contributed by atoms with E-state index in [1.54, 1.807) is 19.0 Å². The summed E-state index contributed by atoms with van der Waals surface area (Å²) in [6, 6.07) is 8.19. The molecule has 1 saturated heterocycles. The zero-order valence-corrected chi connectivity index (χ0v) is 22.1. The number of guanidine groups is 1.